The first kappa shape index (κ1) is 22.0. The highest BCUT2D eigenvalue weighted by atomic mass is 19.1. The molecule has 1 aliphatic rings. The maximum absolute atomic E-state index is 13.6. The summed E-state index contributed by atoms with van der Waals surface area (Å²) in [7, 11) is 2.93. The summed E-state index contributed by atoms with van der Waals surface area (Å²) in [4.78, 5) is 31.5. The van der Waals surface area contributed by atoms with E-state index in [1.54, 1.807) is 36.7 Å². The minimum Gasteiger partial charge on any atom is -0.507 e. The quantitative estimate of drug-likeness (QED) is 0.350. The van der Waals surface area contributed by atoms with Gasteiger partial charge in [-0.25, -0.2) is 4.39 Å². The number of carbonyl (C=O) groups excluding carboxylic acids is 2. The molecule has 1 aliphatic heterocycles. The van der Waals surface area contributed by atoms with E-state index < -0.39 is 23.5 Å². The van der Waals surface area contributed by atoms with Gasteiger partial charge in [0.15, 0.2) is 11.5 Å². The fraction of sp³-hybridized carbons (Fsp3) is 0.160. The third-order valence-electron chi connectivity index (χ3n) is 5.46. The van der Waals surface area contributed by atoms with E-state index >= 15 is 0 Å². The number of aliphatic hydroxyl groups excluding tert-OH is 1. The van der Waals surface area contributed by atoms with E-state index in [9.17, 15) is 19.1 Å². The van der Waals surface area contributed by atoms with Gasteiger partial charge in [-0.15, -0.1) is 0 Å². The van der Waals surface area contributed by atoms with Crippen molar-refractivity contribution in [2.45, 2.75) is 12.6 Å². The van der Waals surface area contributed by atoms with E-state index in [0.717, 1.165) is 0 Å². The Bertz CT molecular complexity index is 1230. The van der Waals surface area contributed by atoms with Gasteiger partial charge in [0.2, 0.25) is 0 Å². The predicted octanol–water partition coefficient (Wildman–Crippen LogP) is 3.86. The Morgan fingerprint density at radius 2 is 1.79 bits per heavy atom. The zero-order valence-corrected chi connectivity index (χ0v) is 18.0. The maximum atomic E-state index is 13.6. The maximum Gasteiger partial charge on any atom is 0.295 e. The highest BCUT2D eigenvalue weighted by Gasteiger charge is 2.46. The van der Waals surface area contributed by atoms with Crippen LogP contribution in [0.2, 0.25) is 0 Å². The number of rotatable bonds is 6. The summed E-state index contributed by atoms with van der Waals surface area (Å²) in [5.74, 6) is -1.62. The summed E-state index contributed by atoms with van der Waals surface area (Å²) in [6.07, 6.45) is 3.20. The monoisotopic (exact) mass is 448 g/mol. The molecule has 0 bridgehead atoms. The second kappa shape index (κ2) is 9.12. The normalized spacial score (nSPS) is 17.3. The van der Waals surface area contributed by atoms with Gasteiger partial charge in [0.05, 0.1) is 25.8 Å². The van der Waals surface area contributed by atoms with Crippen LogP contribution in [0, 0.1) is 5.82 Å². The number of amides is 1. The number of hydrogen-bond donors (Lipinski definition) is 1. The van der Waals surface area contributed by atoms with Crippen LogP contribution in [0.5, 0.6) is 11.5 Å². The van der Waals surface area contributed by atoms with Gasteiger partial charge in [0, 0.05) is 24.5 Å². The van der Waals surface area contributed by atoms with E-state index in [0.29, 0.717) is 22.6 Å². The largest absolute Gasteiger partial charge is 0.507 e. The van der Waals surface area contributed by atoms with Crippen molar-refractivity contribution in [3.8, 4) is 11.5 Å². The van der Waals surface area contributed by atoms with Gasteiger partial charge in [-0.05, 0) is 47.5 Å². The second-order valence-electron chi connectivity index (χ2n) is 7.41. The number of benzene rings is 2. The van der Waals surface area contributed by atoms with Crippen molar-refractivity contribution in [1.82, 2.24) is 9.88 Å². The fourth-order valence-electron chi connectivity index (χ4n) is 3.86. The molecule has 4 rings (SSSR count). The number of aromatic nitrogens is 1. The summed E-state index contributed by atoms with van der Waals surface area (Å²) < 4.78 is 24.1. The first-order valence-corrected chi connectivity index (χ1v) is 10.1. The molecule has 1 saturated heterocycles. The highest BCUT2D eigenvalue weighted by molar-refractivity contribution is 6.46. The molecule has 0 spiro atoms. The smallest absolute Gasteiger partial charge is 0.295 e. The lowest BCUT2D eigenvalue weighted by atomic mass is 9.95. The molecule has 1 fully saturated rings. The molecule has 1 N–H and O–H groups in total. The molecule has 0 saturated carbocycles. The Morgan fingerprint density at radius 1 is 1.06 bits per heavy atom. The number of Topliss-reactive ketones (excluding diaryl/α,β-unsaturated/α-hetero) is 1. The van der Waals surface area contributed by atoms with Crippen molar-refractivity contribution >= 4 is 17.4 Å². The van der Waals surface area contributed by atoms with Crippen molar-refractivity contribution in [3.63, 3.8) is 0 Å². The van der Waals surface area contributed by atoms with Gasteiger partial charge < -0.3 is 19.5 Å². The van der Waals surface area contributed by atoms with Gasteiger partial charge in [-0.2, -0.15) is 0 Å². The summed E-state index contributed by atoms with van der Waals surface area (Å²) in [5.41, 5.74) is 1.38. The summed E-state index contributed by atoms with van der Waals surface area (Å²) >= 11 is 0. The predicted molar refractivity (Wildman–Crippen MR) is 118 cm³/mol. The van der Waals surface area contributed by atoms with Crippen LogP contribution in [0.1, 0.15) is 22.7 Å². The van der Waals surface area contributed by atoms with Crippen molar-refractivity contribution < 1.29 is 28.6 Å². The molecule has 0 unspecified atom stereocenters. The topological polar surface area (TPSA) is 89.0 Å². The van der Waals surface area contributed by atoms with Crippen molar-refractivity contribution in [2.75, 3.05) is 14.2 Å². The van der Waals surface area contributed by atoms with Crippen LogP contribution >= 0.6 is 0 Å². The Labute approximate surface area is 189 Å². The molecule has 1 amide bonds. The lowest BCUT2D eigenvalue weighted by Crippen LogP contribution is -2.29. The zero-order valence-electron chi connectivity index (χ0n) is 18.0. The molecule has 7 nitrogen and oxygen atoms in total. The third-order valence-corrected chi connectivity index (χ3v) is 5.46. The molecule has 2 aromatic carbocycles. The molecular weight excluding hydrogens is 427 g/mol. The van der Waals surface area contributed by atoms with Crippen LogP contribution in [-0.4, -0.2) is 40.9 Å². The number of carbonyl (C=O) groups is 2. The minimum atomic E-state index is -0.918. The molecule has 1 aromatic heterocycles. The van der Waals surface area contributed by atoms with Crippen LogP contribution in [0.15, 0.2) is 72.6 Å². The Hall–Kier alpha value is -4.20. The number of pyridine rings is 1. The second-order valence-corrected chi connectivity index (χ2v) is 7.41. The molecule has 0 aliphatic carbocycles. The van der Waals surface area contributed by atoms with Crippen LogP contribution in [0.25, 0.3) is 5.76 Å². The average Bonchev–Trinajstić information content (AvgIpc) is 3.09. The Morgan fingerprint density at radius 3 is 2.42 bits per heavy atom. The molecular formula is C25H21FN2O5. The number of nitrogens with zero attached hydrogens (tertiary/aromatic N) is 2. The molecule has 1 atom stereocenters. The van der Waals surface area contributed by atoms with E-state index in [4.69, 9.17) is 9.47 Å². The van der Waals surface area contributed by atoms with Gasteiger partial charge in [-0.3, -0.25) is 14.6 Å². The number of likely N-dealkylation sites (tertiary alicyclic amines) is 1. The number of ether oxygens (including phenoxy) is 2. The zero-order chi connectivity index (χ0) is 23.5. The van der Waals surface area contributed by atoms with Crippen molar-refractivity contribution in [1.29, 1.82) is 0 Å². The molecule has 3 aromatic rings. The van der Waals surface area contributed by atoms with Gasteiger partial charge in [0.25, 0.3) is 11.7 Å². The number of methoxy groups -OCH3 is 2. The third kappa shape index (κ3) is 4.15. The van der Waals surface area contributed by atoms with Crippen LogP contribution in [0.4, 0.5) is 4.39 Å². The van der Waals surface area contributed by atoms with Gasteiger partial charge in [-0.1, -0.05) is 18.2 Å². The molecule has 2 heterocycles. The van der Waals surface area contributed by atoms with Crippen molar-refractivity contribution in [3.05, 3.63) is 95.1 Å². The fourth-order valence-corrected chi connectivity index (χ4v) is 3.86. The summed E-state index contributed by atoms with van der Waals surface area (Å²) in [5, 5.41) is 11.2. The summed E-state index contributed by atoms with van der Waals surface area (Å²) in [6, 6.07) is 12.7. The van der Waals surface area contributed by atoms with Gasteiger partial charge in [0.1, 0.15) is 11.6 Å². The number of ketones is 1. The number of hydrogen-bond acceptors (Lipinski definition) is 6. The molecule has 0 radical (unpaired) electrons. The van der Waals surface area contributed by atoms with Crippen LogP contribution in [-0.2, 0) is 16.1 Å². The lowest BCUT2D eigenvalue weighted by Gasteiger charge is -2.25. The number of aliphatic hydroxyl groups is 1. The SMILES string of the molecule is COc1ccc(/C(O)=C2\C(=O)C(=O)N(Cc3cccnc3)[C@@H]2c2ccc(F)cc2)cc1OC. The standard InChI is InChI=1S/C25H21FN2O5/c1-32-19-10-7-17(12-20(19)33-2)23(29)21-22(16-5-8-18(26)9-6-16)28(25(31)24(21)30)14-15-4-3-11-27-13-15/h3-13,22,29H,14H2,1-2H3/b23-21+/t22-/m1/s1. The molecule has 33 heavy (non-hydrogen) atoms. The van der Waals surface area contributed by atoms with E-state index in [1.807, 2.05) is 0 Å². The van der Waals surface area contributed by atoms with Crippen LogP contribution < -0.4 is 9.47 Å². The first-order chi connectivity index (χ1) is 15.9. The van der Waals surface area contributed by atoms with E-state index in [-0.39, 0.29) is 23.4 Å². The van der Waals surface area contributed by atoms with Crippen molar-refractivity contribution in [2.24, 2.45) is 0 Å². The molecule has 8 heteroatoms. The van der Waals surface area contributed by atoms with E-state index in [1.165, 1.54) is 49.5 Å². The highest BCUT2D eigenvalue weighted by Crippen LogP contribution is 2.41. The van der Waals surface area contributed by atoms with Crippen LogP contribution in [0.3, 0.4) is 0 Å². The lowest BCUT2D eigenvalue weighted by molar-refractivity contribution is -0.140. The first-order valence-electron chi connectivity index (χ1n) is 10.1. The number of halogens is 1. The van der Waals surface area contributed by atoms with Gasteiger partial charge >= 0.3 is 0 Å². The average molecular weight is 448 g/mol. The molecule has 168 valence electrons. The Kier molecular flexibility index (Phi) is 6.08. The summed E-state index contributed by atoms with van der Waals surface area (Å²) in [6.45, 7) is 0.0865. The minimum absolute atomic E-state index is 0.0865. The Balaban J connectivity index is 1.86. The van der Waals surface area contributed by atoms with E-state index in [2.05, 4.69) is 4.98 Å².